The van der Waals surface area contributed by atoms with E-state index in [2.05, 4.69) is 15.7 Å². The summed E-state index contributed by atoms with van der Waals surface area (Å²) in [6.45, 7) is 2.89. The molecule has 0 saturated heterocycles. The summed E-state index contributed by atoms with van der Waals surface area (Å²) >= 11 is 0. The smallest absolute Gasteiger partial charge is 0.350 e. The minimum atomic E-state index is -0.232. The first-order valence-electron chi connectivity index (χ1n) is 7.23. The van der Waals surface area contributed by atoms with Crippen LogP contribution >= 0.6 is 12.4 Å². The van der Waals surface area contributed by atoms with Gasteiger partial charge >= 0.3 is 5.69 Å². The zero-order chi connectivity index (χ0) is 15.8. The van der Waals surface area contributed by atoms with E-state index in [0.29, 0.717) is 25.3 Å². The van der Waals surface area contributed by atoms with Crippen LogP contribution in [-0.4, -0.2) is 53.4 Å². The fourth-order valence-corrected chi connectivity index (χ4v) is 2.00. The normalized spacial score (nSPS) is 10.5. The molecule has 2 rings (SSSR count). The lowest BCUT2D eigenvalue weighted by molar-refractivity contribution is -0.121. The van der Waals surface area contributed by atoms with Crippen LogP contribution in [0.25, 0.3) is 5.65 Å². The highest BCUT2D eigenvalue weighted by atomic mass is 35.5. The Morgan fingerprint density at radius 1 is 1.30 bits per heavy atom. The first-order valence-corrected chi connectivity index (χ1v) is 7.23. The number of ether oxygens (including phenoxy) is 1. The zero-order valence-electron chi connectivity index (χ0n) is 13.0. The maximum Gasteiger partial charge on any atom is 0.350 e. The quantitative estimate of drug-likeness (QED) is 0.608. The van der Waals surface area contributed by atoms with Crippen molar-refractivity contribution >= 4 is 24.0 Å². The first-order chi connectivity index (χ1) is 10.7. The highest BCUT2D eigenvalue weighted by molar-refractivity contribution is 5.85. The molecule has 128 valence electrons. The van der Waals surface area contributed by atoms with E-state index in [9.17, 15) is 9.59 Å². The topological polar surface area (TPSA) is 89.7 Å². The van der Waals surface area contributed by atoms with Crippen LogP contribution in [0.2, 0.25) is 0 Å². The molecule has 0 aliphatic carbocycles. The Morgan fingerprint density at radius 3 is 2.87 bits per heavy atom. The second-order valence-corrected chi connectivity index (χ2v) is 4.78. The SMILES string of the molecule is COCCNCCNC(=O)CCn1nc2ccccn2c1=O.Cl. The maximum atomic E-state index is 12.0. The van der Waals surface area contributed by atoms with Crippen molar-refractivity contribution in [2.24, 2.45) is 0 Å². The van der Waals surface area contributed by atoms with Gasteiger partial charge in [-0.1, -0.05) is 6.07 Å². The Morgan fingerprint density at radius 2 is 2.13 bits per heavy atom. The molecule has 0 aromatic carbocycles. The predicted octanol–water partition coefficient (Wildman–Crippen LogP) is -0.340. The van der Waals surface area contributed by atoms with Crippen molar-refractivity contribution in [2.45, 2.75) is 13.0 Å². The minimum absolute atomic E-state index is 0. The predicted molar refractivity (Wildman–Crippen MR) is 89.1 cm³/mol. The van der Waals surface area contributed by atoms with E-state index in [0.717, 1.165) is 6.54 Å². The number of hydrogen-bond donors (Lipinski definition) is 2. The van der Waals surface area contributed by atoms with Gasteiger partial charge in [0.15, 0.2) is 5.65 Å². The lowest BCUT2D eigenvalue weighted by atomic mass is 10.4. The molecule has 0 radical (unpaired) electrons. The molecule has 0 unspecified atom stereocenters. The molecule has 0 fully saturated rings. The van der Waals surface area contributed by atoms with E-state index in [4.69, 9.17) is 4.74 Å². The number of pyridine rings is 1. The average molecular weight is 344 g/mol. The largest absolute Gasteiger partial charge is 0.383 e. The van der Waals surface area contributed by atoms with Gasteiger partial charge in [0.1, 0.15) is 0 Å². The molecule has 8 nitrogen and oxygen atoms in total. The van der Waals surface area contributed by atoms with E-state index in [1.54, 1.807) is 25.4 Å². The van der Waals surface area contributed by atoms with Crippen LogP contribution < -0.4 is 16.3 Å². The van der Waals surface area contributed by atoms with Crippen molar-refractivity contribution in [1.82, 2.24) is 24.8 Å². The summed E-state index contributed by atoms with van der Waals surface area (Å²) in [5, 5.41) is 10.1. The van der Waals surface area contributed by atoms with Crippen molar-refractivity contribution < 1.29 is 9.53 Å². The van der Waals surface area contributed by atoms with Gasteiger partial charge in [0.25, 0.3) is 0 Å². The summed E-state index contributed by atoms with van der Waals surface area (Å²) in [5.74, 6) is -0.0995. The van der Waals surface area contributed by atoms with Gasteiger partial charge in [0.2, 0.25) is 5.91 Å². The van der Waals surface area contributed by atoms with Crippen molar-refractivity contribution in [1.29, 1.82) is 0 Å². The van der Waals surface area contributed by atoms with Crippen LogP contribution in [0.1, 0.15) is 6.42 Å². The van der Waals surface area contributed by atoms with Gasteiger partial charge in [0, 0.05) is 39.4 Å². The van der Waals surface area contributed by atoms with Gasteiger partial charge in [0.05, 0.1) is 13.2 Å². The number of amides is 1. The average Bonchev–Trinajstić information content (AvgIpc) is 2.85. The maximum absolute atomic E-state index is 12.0. The number of aromatic nitrogens is 3. The fraction of sp³-hybridized carbons (Fsp3) is 0.500. The molecular weight excluding hydrogens is 322 g/mol. The number of methoxy groups -OCH3 is 1. The fourth-order valence-electron chi connectivity index (χ4n) is 2.00. The number of aryl methyl sites for hydroxylation is 1. The third-order valence-electron chi connectivity index (χ3n) is 3.15. The molecule has 0 saturated carbocycles. The van der Waals surface area contributed by atoms with Crippen LogP contribution in [0.15, 0.2) is 29.2 Å². The summed E-state index contributed by atoms with van der Waals surface area (Å²) in [6.07, 6.45) is 1.88. The molecule has 0 bridgehead atoms. The second kappa shape index (κ2) is 9.98. The van der Waals surface area contributed by atoms with Gasteiger partial charge in [-0.3, -0.25) is 9.20 Å². The summed E-state index contributed by atoms with van der Waals surface area (Å²) in [7, 11) is 1.64. The Labute approximate surface area is 140 Å². The van der Waals surface area contributed by atoms with Gasteiger partial charge < -0.3 is 15.4 Å². The Balaban J connectivity index is 0.00000264. The summed E-state index contributed by atoms with van der Waals surface area (Å²) in [4.78, 5) is 23.7. The summed E-state index contributed by atoms with van der Waals surface area (Å²) < 4.78 is 7.67. The Kier molecular flexibility index (Phi) is 8.31. The van der Waals surface area contributed by atoms with Crippen molar-refractivity contribution in [3.8, 4) is 0 Å². The van der Waals surface area contributed by atoms with Crippen molar-refractivity contribution in [2.75, 3.05) is 33.4 Å². The molecule has 0 aliphatic heterocycles. The highest BCUT2D eigenvalue weighted by Crippen LogP contribution is 1.95. The van der Waals surface area contributed by atoms with E-state index in [1.165, 1.54) is 9.08 Å². The number of carbonyl (C=O) groups excluding carboxylic acids is 1. The van der Waals surface area contributed by atoms with Crippen molar-refractivity contribution in [3.63, 3.8) is 0 Å². The van der Waals surface area contributed by atoms with E-state index in [1.807, 2.05) is 6.07 Å². The summed E-state index contributed by atoms with van der Waals surface area (Å²) in [5.41, 5.74) is 0.347. The van der Waals surface area contributed by atoms with Crippen LogP contribution in [-0.2, 0) is 16.1 Å². The van der Waals surface area contributed by atoms with E-state index in [-0.39, 0.29) is 37.0 Å². The molecule has 9 heteroatoms. The Bertz CT molecular complexity index is 670. The number of fused-ring (bicyclic) bond motifs is 1. The zero-order valence-corrected chi connectivity index (χ0v) is 13.8. The third kappa shape index (κ3) is 5.66. The number of nitrogens with one attached hydrogen (secondary N) is 2. The van der Waals surface area contributed by atoms with Crippen LogP contribution in [0.4, 0.5) is 0 Å². The molecule has 0 aliphatic rings. The summed E-state index contributed by atoms with van der Waals surface area (Å²) in [6, 6.07) is 5.34. The highest BCUT2D eigenvalue weighted by Gasteiger charge is 2.07. The molecule has 2 heterocycles. The molecule has 2 aromatic rings. The standard InChI is InChI=1S/C14H21N5O3.ClH/c1-22-11-8-15-6-7-16-13(20)5-10-19-14(21)18-9-3-2-4-12(18)17-19;/h2-4,9,15H,5-8,10-11H2,1H3,(H,16,20);1H. The van der Waals surface area contributed by atoms with Gasteiger partial charge in [-0.15, -0.1) is 17.5 Å². The molecule has 23 heavy (non-hydrogen) atoms. The Hall–Kier alpha value is -1.90. The number of rotatable bonds is 9. The monoisotopic (exact) mass is 343 g/mol. The molecule has 1 amide bonds. The van der Waals surface area contributed by atoms with Gasteiger partial charge in [-0.25, -0.2) is 9.48 Å². The number of halogens is 1. The lowest BCUT2D eigenvalue weighted by Gasteiger charge is -2.06. The molecule has 0 spiro atoms. The first kappa shape index (κ1) is 19.1. The van der Waals surface area contributed by atoms with Gasteiger partial charge in [-0.2, -0.15) is 0 Å². The number of carbonyl (C=O) groups is 1. The van der Waals surface area contributed by atoms with Crippen molar-refractivity contribution in [3.05, 3.63) is 34.9 Å². The second-order valence-electron chi connectivity index (χ2n) is 4.78. The minimum Gasteiger partial charge on any atom is -0.383 e. The molecule has 2 aromatic heterocycles. The lowest BCUT2D eigenvalue weighted by Crippen LogP contribution is -2.34. The van der Waals surface area contributed by atoms with E-state index >= 15 is 0 Å². The van der Waals surface area contributed by atoms with Crippen LogP contribution in [0.3, 0.4) is 0 Å². The van der Waals surface area contributed by atoms with E-state index < -0.39 is 0 Å². The number of hydrogen-bond acceptors (Lipinski definition) is 5. The van der Waals surface area contributed by atoms with Gasteiger partial charge in [-0.05, 0) is 12.1 Å². The molecule has 0 atom stereocenters. The molecular formula is C14H22ClN5O3. The van der Waals surface area contributed by atoms with Crippen LogP contribution in [0.5, 0.6) is 0 Å². The number of nitrogens with zero attached hydrogens (tertiary/aromatic N) is 3. The van der Waals surface area contributed by atoms with Crippen LogP contribution in [0, 0.1) is 0 Å². The molecule has 2 N–H and O–H groups in total. The third-order valence-corrected chi connectivity index (χ3v) is 3.15.